The third-order valence-corrected chi connectivity index (χ3v) is 2.77. The number of anilines is 2. The first-order valence-electron chi connectivity index (χ1n) is 6.54. The molecule has 3 N–H and O–H groups in total. The van der Waals surface area contributed by atoms with Crippen LogP contribution in [0.2, 0.25) is 0 Å². The molecule has 4 heteroatoms. The Kier molecular flexibility index (Phi) is 4.47. The van der Waals surface area contributed by atoms with E-state index in [-0.39, 0.29) is 0 Å². The summed E-state index contributed by atoms with van der Waals surface area (Å²) in [6.07, 6.45) is 4.76. The molecule has 1 heterocycles. The Morgan fingerprint density at radius 3 is 2.53 bits per heavy atom. The fourth-order valence-electron chi connectivity index (χ4n) is 1.90. The molecule has 0 unspecified atom stereocenters. The molecule has 2 aromatic rings. The summed E-state index contributed by atoms with van der Waals surface area (Å²) in [6.45, 7) is 4.90. The molecule has 19 heavy (non-hydrogen) atoms. The first-order valence-corrected chi connectivity index (χ1v) is 6.54. The van der Waals surface area contributed by atoms with Gasteiger partial charge in [0.25, 0.3) is 0 Å². The zero-order chi connectivity index (χ0) is 13.7. The molecule has 0 radical (unpaired) electrons. The molecule has 0 fully saturated rings. The topological polar surface area (TPSA) is 63.8 Å². The second-order valence-electron chi connectivity index (χ2n) is 5.04. The van der Waals surface area contributed by atoms with Gasteiger partial charge in [0.2, 0.25) is 5.95 Å². The quantitative estimate of drug-likeness (QED) is 0.863. The number of nitrogens with one attached hydrogen (secondary N) is 1. The van der Waals surface area contributed by atoms with Gasteiger partial charge < -0.3 is 11.1 Å². The van der Waals surface area contributed by atoms with Crippen molar-refractivity contribution >= 4 is 11.6 Å². The Morgan fingerprint density at radius 2 is 1.89 bits per heavy atom. The highest BCUT2D eigenvalue weighted by Gasteiger charge is 2.01. The third kappa shape index (κ3) is 4.03. The molecule has 0 amide bonds. The number of nitrogens with zero attached hydrogens (tertiary/aromatic N) is 2. The minimum Gasteiger partial charge on any atom is -0.326 e. The van der Waals surface area contributed by atoms with Crippen molar-refractivity contribution in [2.45, 2.75) is 26.8 Å². The van der Waals surface area contributed by atoms with Crippen molar-refractivity contribution in [3.05, 3.63) is 47.8 Å². The van der Waals surface area contributed by atoms with Crippen LogP contribution in [0, 0.1) is 5.92 Å². The highest BCUT2D eigenvalue weighted by Crippen LogP contribution is 2.15. The Bertz CT molecular complexity index is 520. The number of rotatable bonds is 5. The molecule has 2 rings (SSSR count). The summed E-state index contributed by atoms with van der Waals surface area (Å²) in [5.74, 6) is 1.23. The molecule has 0 saturated carbocycles. The summed E-state index contributed by atoms with van der Waals surface area (Å²) in [6, 6.07) is 7.95. The minimum atomic E-state index is 0.531. The van der Waals surface area contributed by atoms with Crippen molar-refractivity contribution < 1.29 is 0 Å². The number of hydrogen-bond donors (Lipinski definition) is 2. The summed E-state index contributed by atoms with van der Waals surface area (Å²) in [5.41, 5.74) is 8.83. The molecule has 0 bridgehead atoms. The second-order valence-corrected chi connectivity index (χ2v) is 5.04. The predicted molar refractivity (Wildman–Crippen MR) is 78.2 cm³/mol. The highest BCUT2D eigenvalue weighted by atomic mass is 15.1. The smallest absolute Gasteiger partial charge is 0.227 e. The van der Waals surface area contributed by atoms with Crippen LogP contribution < -0.4 is 11.1 Å². The van der Waals surface area contributed by atoms with Crippen molar-refractivity contribution in [3.63, 3.8) is 0 Å². The fraction of sp³-hybridized carbons (Fsp3) is 0.333. The van der Waals surface area contributed by atoms with Gasteiger partial charge in [0.15, 0.2) is 0 Å². The first kappa shape index (κ1) is 13.5. The van der Waals surface area contributed by atoms with Gasteiger partial charge in [-0.1, -0.05) is 26.0 Å². The zero-order valence-corrected chi connectivity index (χ0v) is 11.4. The van der Waals surface area contributed by atoms with Crippen LogP contribution in [0.5, 0.6) is 0 Å². The van der Waals surface area contributed by atoms with E-state index in [0.717, 1.165) is 23.2 Å². The van der Waals surface area contributed by atoms with Crippen molar-refractivity contribution in [2.24, 2.45) is 11.7 Å². The van der Waals surface area contributed by atoms with Crippen LogP contribution in [0.3, 0.4) is 0 Å². The normalized spacial score (nSPS) is 10.7. The predicted octanol–water partition coefficient (Wildman–Crippen LogP) is 2.88. The summed E-state index contributed by atoms with van der Waals surface area (Å²) < 4.78 is 0. The van der Waals surface area contributed by atoms with Crippen molar-refractivity contribution in [1.82, 2.24) is 9.97 Å². The van der Waals surface area contributed by atoms with E-state index in [1.165, 1.54) is 0 Å². The molecule has 1 aromatic carbocycles. The lowest BCUT2D eigenvalue weighted by molar-refractivity contribution is 0.644. The van der Waals surface area contributed by atoms with Crippen molar-refractivity contribution in [3.8, 4) is 0 Å². The molecule has 0 aliphatic carbocycles. The van der Waals surface area contributed by atoms with E-state index in [0.29, 0.717) is 18.4 Å². The van der Waals surface area contributed by atoms with Crippen molar-refractivity contribution in [1.29, 1.82) is 0 Å². The van der Waals surface area contributed by atoms with E-state index in [1.807, 2.05) is 36.7 Å². The average Bonchev–Trinajstić information content (AvgIpc) is 2.41. The fourth-order valence-corrected chi connectivity index (χ4v) is 1.90. The maximum Gasteiger partial charge on any atom is 0.227 e. The average molecular weight is 256 g/mol. The monoisotopic (exact) mass is 256 g/mol. The maximum absolute atomic E-state index is 5.62. The number of nitrogens with two attached hydrogens (primary N) is 1. The number of hydrogen-bond acceptors (Lipinski definition) is 4. The van der Waals surface area contributed by atoms with E-state index in [4.69, 9.17) is 5.73 Å². The van der Waals surface area contributed by atoms with Gasteiger partial charge in [-0.3, -0.25) is 0 Å². The Balaban J connectivity index is 2.06. The lowest BCUT2D eigenvalue weighted by atomic mass is 10.1. The molecule has 4 nitrogen and oxygen atoms in total. The molecule has 1 aromatic heterocycles. The summed E-state index contributed by atoms with van der Waals surface area (Å²) >= 11 is 0. The molecular weight excluding hydrogens is 236 g/mol. The largest absolute Gasteiger partial charge is 0.326 e. The Hall–Kier alpha value is -1.94. The SMILES string of the molecule is CC(C)Cc1cnc(Nc2cccc(CN)c2)nc1. The van der Waals surface area contributed by atoms with E-state index in [2.05, 4.69) is 29.1 Å². The third-order valence-electron chi connectivity index (χ3n) is 2.77. The maximum atomic E-state index is 5.62. The zero-order valence-electron chi connectivity index (χ0n) is 11.4. The first-order chi connectivity index (χ1) is 9.17. The van der Waals surface area contributed by atoms with Crippen LogP contribution >= 0.6 is 0 Å². The van der Waals surface area contributed by atoms with E-state index in [9.17, 15) is 0 Å². The van der Waals surface area contributed by atoms with Crippen LogP contribution in [0.4, 0.5) is 11.6 Å². The highest BCUT2D eigenvalue weighted by molar-refractivity contribution is 5.54. The summed E-state index contributed by atoms with van der Waals surface area (Å²) in [7, 11) is 0. The molecule has 0 atom stereocenters. The second kappa shape index (κ2) is 6.29. The van der Waals surface area contributed by atoms with Crippen molar-refractivity contribution in [2.75, 3.05) is 5.32 Å². The van der Waals surface area contributed by atoms with Crippen LogP contribution in [0.15, 0.2) is 36.7 Å². The number of benzene rings is 1. The van der Waals surface area contributed by atoms with Gasteiger partial charge >= 0.3 is 0 Å². The van der Waals surface area contributed by atoms with Gasteiger partial charge in [0.1, 0.15) is 0 Å². The van der Waals surface area contributed by atoms with Gasteiger partial charge in [0.05, 0.1) is 0 Å². The van der Waals surface area contributed by atoms with Gasteiger partial charge in [-0.15, -0.1) is 0 Å². The molecule has 100 valence electrons. The molecule has 0 aliphatic rings. The summed E-state index contributed by atoms with van der Waals surface area (Å²) in [4.78, 5) is 8.66. The van der Waals surface area contributed by atoms with Gasteiger partial charge in [-0.2, -0.15) is 0 Å². The van der Waals surface area contributed by atoms with E-state index in [1.54, 1.807) is 0 Å². The van der Waals surface area contributed by atoms with Crippen LogP contribution in [0.1, 0.15) is 25.0 Å². The van der Waals surface area contributed by atoms with E-state index < -0.39 is 0 Å². The van der Waals surface area contributed by atoms with Gasteiger partial charge in [-0.05, 0) is 35.6 Å². The van der Waals surface area contributed by atoms with Crippen LogP contribution in [-0.2, 0) is 13.0 Å². The Morgan fingerprint density at radius 1 is 1.16 bits per heavy atom. The van der Waals surface area contributed by atoms with E-state index >= 15 is 0 Å². The molecule has 0 saturated heterocycles. The molecule has 0 aliphatic heterocycles. The molecule has 0 spiro atoms. The summed E-state index contributed by atoms with van der Waals surface area (Å²) in [5, 5.41) is 3.18. The van der Waals surface area contributed by atoms with Gasteiger partial charge in [-0.25, -0.2) is 9.97 Å². The number of aromatic nitrogens is 2. The standard InChI is InChI=1S/C15H20N4/c1-11(2)6-13-9-17-15(18-10-13)19-14-5-3-4-12(7-14)8-16/h3-5,7,9-11H,6,8,16H2,1-2H3,(H,17,18,19). The molecular formula is C15H20N4. The van der Waals surface area contributed by atoms with Gasteiger partial charge in [0, 0.05) is 24.6 Å². The van der Waals surface area contributed by atoms with Crippen LogP contribution in [-0.4, -0.2) is 9.97 Å². The van der Waals surface area contributed by atoms with Crippen LogP contribution in [0.25, 0.3) is 0 Å². The lowest BCUT2D eigenvalue weighted by Gasteiger charge is -2.08. The minimum absolute atomic E-state index is 0.531. The lowest BCUT2D eigenvalue weighted by Crippen LogP contribution is -2.01. The Labute approximate surface area is 114 Å².